The molecule has 0 saturated carbocycles. The van der Waals surface area contributed by atoms with Gasteiger partial charge in [0, 0.05) is 43.2 Å². The van der Waals surface area contributed by atoms with Gasteiger partial charge in [0.25, 0.3) is 0 Å². The Hall–Kier alpha value is -3.87. The van der Waals surface area contributed by atoms with E-state index in [1.165, 1.54) is 23.9 Å². The first kappa shape index (κ1) is 29.7. The summed E-state index contributed by atoms with van der Waals surface area (Å²) in [6, 6.07) is 15.1. The first-order chi connectivity index (χ1) is 18.3. The summed E-state index contributed by atoms with van der Waals surface area (Å²) >= 11 is 0. The molecule has 1 atom stereocenters. The zero-order valence-corrected chi connectivity index (χ0v) is 20.4. The summed E-state index contributed by atoms with van der Waals surface area (Å²) in [5.41, 5.74) is 1.72. The molecule has 0 spiro atoms. The summed E-state index contributed by atoms with van der Waals surface area (Å²) < 4.78 is 75.3. The van der Waals surface area contributed by atoms with E-state index < -0.39 is 23.9 Å². The third kappa shape index (κ3) is 9.13. The van der Waals surface area contributed by atoms with Crippen LogP contribution in [0.4, 0.5) is 26.3 Å². The fourth-order valence-corrected chi connectivity index (χ4v) is 3.97. The van der Waals surface area contributed by atoms with Gasteiger partial charge in [0.15, 0.2) is 5.76 Å². The average Bonchev–Trinajstić information content (AvgIpc) is 3.52. The van der Waals surface area contributed by atoms with E-state index in [0.717, 1.165) is 38.2 Å². The van der Waals surface area contributed by atoms with E-state index in [4.69, 9.17) is 14.4 Å². The zero-order chi connectivity index (χ0) is 28.6. The van der Waals surface area contributed by atoms with E-state index in [1.54, 1.807) is 0 Å². The Labute approximate surface area is 219 Å². The van der Waals surface area contributed by atoms with Crippen LogP contribution in [0, 0.1) is 0 Å². The summed E-state index contributed by atoms with van der Waals surface area (Å²) in [4.78, 5) is 23.7. The van der Waals surface area contributed by atoms with E-state index in [0.29, 0.717) is 23.3 Å². The molecule has 1 saturated heterocycles. The molecule has 1 aliphatic rings. The van der Waals surface area contributed by atoms with Crippen molar-refractivity contribution in [1.82, 2.24) is 15.4 Å². The van der Waals surface area contributed by atoms with Gasteiger partial charge in [-0.1, -0.05) is 47.6 Å². The Bertz CT molecular complexity index is 1230. The molecule has 7 nitrogen and oxygen atoms in total. The number of carboxylic acids is 1. The maximum atomic E-state index is 12.8. The largest absolute Gasteiger partial charge is 0.490 e. The molecule has 210 valence electrons. The predicted octanol–water partition coefficient (Wildman–Crippen LogP) is 5.32. The molecule has 2 N–H and O–H groups in total. The minimum absolute atomic E-state index is 0.0591. The van der Waals surface area contributed by atoms with Gasteiger partial charge in [-0.25, -0.2) is 4.79 Å². The summed E-state index contributed by atoms with van der Waals surface area (Å²) in [6.07, 6.45) is -6.41. The van der Waals surface area contributed by atoms with Gasteiger partial charge < -0.3 is 14.9 Å². The Morgan fingerprint density at radius 1 is 1.03 bits per heavy atom. The minimum Gasteiger partial charge on any atom is -0.475 e. The Balaban J connectivity index is 0.000000532. The normalized spacial score (nSPS) is 15.9. The van der Waals surface area contributed by atoms with E-state index in [1.807, 2.05) is 18.2 Å². The van der Waals surface area contributed by atoms with Crippen molar-refractivity contribution in [2.45, 2.75) is 44.2 Å². The predicted molar refractivity (Wildman–Crippen MR) is 127 cm³/mol. The number of likely N-dealkylation sites (tertiary alicyclic amines) is 1. The van der Waals surface area contributed by atoms with E-state index in [2.05, 4.69) is 27.5 Å². The highest BCUT2D eigenvalue weighted by molar-refractivity contribution is 5.77. The number of alkyl halides is 6. The van der Waals surface area contributed by atoms with Gasteiger partial charge in [-0.05, 0) is 30.5 Å². The van der Waals surface area contributed by atoms with Crippen LogP contribution in [0.2, 0.25) is 0 Å². The molecule has 1 aromatic heterocycles. The van der Waals surface area contributed by atoms with Gasteiger partial charge in [-0.2, -0.15) is 26.3 Å². The molecule has 13 heteroatoms. The molecule has 3 aromatic rings. The lowest BCUT2D eigenvalue weighted by atomic mass is 10.0. The van der Waals surface area contributed by atoms with Crippen molar-refractivity contribution in [1.29, 1.82) is 0 Å². The monoisotopic (exact) mass is 557 g/mol. The van der Waals surface area contributed by atoms with Crippen LogP contribution in [0.3, 0.4) is 0 Å². The SMILES string of the molecule is O=C(CCc1cnoc1-c1ccc(C(F)(F)F)cc1)NC1CCN(Cc2ccccc2)C1.O=C(O)C(F)(F)F. The Morgan fingerprint density at radius 2 is 1.67 bits per heavy atom. The van der Waals surface area contributed by atoms with Crippen LogP contribution in [-0.4, -0.2) is 52.3 Å². The average molecular weight is 557 g/mol. The van der Waals surface area contributed by atoms with Crippen molar-refractivity contribution in [3.8, 4) is 11.3 Å². The summed E-state index contributed by atoms with van der Waals surface area (Å²) in [6.45, 7) is 2.61. The molecule has 0 aliphatic carbocycles. The Kier molecular flexibility index (Phi) is 9.73. The Morgan fingerprint density at radius 3 is 2.26 bits per heavy atom. The number of carbonyl (C=O) groups excluding carboxylic acids is 1. The highest BCUT2D eigenvalue weighted by atomic mass is 19.4. The second-order valence-corrected chi connectivity index (χ2v) is 8.83. The van der Waals surface area contributed by atoms with Crippen molar-refractivity contribution in [2.24, 2.45) is 0 Å². The fourth-order valence-electron chi connectivity index (χ4n) is 3.97. The van der Waals surface area contributed by atoms with Gasteiger partial charge in [0.05, 0.1) is 11.8 Å². The lowest BCUT2D eigenvalue weighted by Crippen LogP contribution is -2.37. The van der Waals surface area contributed by atoms with Crippen LogP contribution in [-0.2, 0) is 28.7 Å². The lowest BCUT2D eigenvalue weighted by Gasteiger charge is -2.16. The van der Waals surface area contributed by atoms with Crippen LogP contribution in [0.1, 0.15) is 29.5 Å². The third-order valence-corrected chi connectivity index (χ3v) is 5.87. The number of hydrogen-bond acceptors (Lipinski definition) is 5. The molecule has 1 fully saturated rings. The highest BCUT2D eigenvalue weighted by Gasteiger charge is 2.38. The maximum absolute atomic E-state index is 12.8. The van der Waals surface area contributed by atoms with Crippen molar-refractivity contribution in [2.75, 3.05) is 13.1 Å². The molecule has 2 aromatic carbocycles. The molecular weight excluding hydrogens is 532 g/mol. The first-order valence-corrected chi connectivity index (χ1v) is 11.8. The number of nitrogens with one attached hydrogen (secondary N) is 1. The van der Waals surface area contributed by atoms with Crippen LogP contribution >= 0.6 is 0 Å². The number of rotatable bonds is 7. The van der Waals surface area contributed by atoms with Crippen molar-refractivity contribution in [3.05, 3.63) is 77.5 Å². The number of aryl methyl sites for hydroxylation is 1. The number of hydrogen-bond donors (Lipinski definition) is 2. The second-order valence-electron chi connectivity index (χ2n) is 8.83. The van der Waals surface area contributed by atoms with Gasteiger partial charge in [-0.3, -0.25) is 9.69 Å². The van der Waals surface area contributed by atoms with Crippen LogP contribution in [0.15, 0.2) is 65.3 Å². The number of carbonyl (C=O) groups is 2. The van der Waals surface area contributed by atoms with Crippen molar-refractivity contribution < 1.29 is 45.6 Å². The summed E-state index contributed by atoms with van der Waals surface area (Å²) in [7, 11) is 0. The molecule has 0 radical (unpaired) electrons. The van der Waals surface area contributed by atoms with Gasteiger partial charge in [0.1, 0.15) is 0 Å². The third-order valence-electron chi connectivity index (χ3n) is 5.87. The quantitative estimate of drug-likeness (QED) is 0.382. The summed E-state index contributed by atoms with van der Waals surface area (Å²) in [5, 5.41) is 14.0. The molecule has 1 amide bonds. The van der Waals surface area contributed by atoms with E-state index in [-0.39, 0.29) is 18.4 Å². The molecule has 4 rings (SSSR count). The minimum atomic E-state index is -5.08. The fraction of sp³-hybridized carbons (Fsp3) is 0.346. The molecule has 1 aliphatic heterocycles. The van der Waals surface area contributed by atoms with Crippen LogP contribution in [0.25, 0.3) is 11.3 Å². The number of benzene rings is 2. The number of carboxylic acid groups (broad SMARTS) is 1. The number of halogens is 6. The topological polar surface area (TPSA) is 95.7 Å². The van der Waals surface area contributed by atoms with E-state index in [9.17, 15) is 31.1 Å². The van der Waals surface area contributed by atoms with Gasteiger partial charge in [0.2, 0.25) is 5.91 Å². The van der Waals surface area contributed by atoms with Crippen LogP contribution in [0.5, 0.6) is 0 Å². The number of aliphatic carboxylic acids is 1. The first-order valence-electron chi connectivity index (χ1n) is 11.8. The highest BCUT2D eigenvalue weighted by Crippen LogP contribution is 2.32. The molecule has 1 unspecified atom stereocenters. The molecule has 39 heavy (non-hydrogen) atoms. The van der Waals surface area contributed by atoms with Gasteiger partial charge in [-0.15, -0.1) is 0 Å². The standard InChI is InChI=1S/C24H24F3N3O2.C2HF3O2/c25-24(26,27)20-9-6-18(7-10-20)23-19(14-28-32-23)8-11-22(31)29-21-12-13-30(16-21)15-17-4-2-1-3-5-17;3-2(4,5)1(6)7/h1-7,9-10,14,21H,8,11-13,15-16H2,(H,29,31);(H,6,7). The molecule has 0 bridgehead atoms. The van der Waals surface area contributed by atoms with Crippen LogP contribution < -0.4 is 5.32 Å². The number of nitrogens with zero attached hydrogens (tertiary/aromatic N) is 2. The molecule has 2 heterocycles. The lowest BCUT2D eigenvalue weighted by molar-refractivity contribution is -0.192. The summed E-state index contributed by atoms with van der Waals surface area (Å²) in [5.74, 6) is -2.43. The number of aromatic nitrogens is 1. The van der Waals surface area contributed by atoms with Crippen molar-refractivity contribution >= 4 is 11.9 Å². The molecular formula is C26H25F6N3O4. The zero-order valence-electron chi connectivity index (χ0n) is 20.4. The second kappa shape index (κ2) is 12.8. The smallest absolute Gasteiger partial charge is 0.475 e. The van der Waals surface area contributed by atoms with Crippen molar-refractivity contribution in [3.63, 3.8) is 0 Å². The maximum Gasteiger partial charge on any atom is 0.490 e. The number of amides is 1. The van der Waals surface area contributed by atoms with E-state index >= 15 is 0 Å². The van der Waals surface area contributed by atoms with Gasteiger partial charge >= 0.3 is 18.3 Å².